The predicted octanol–water partition coefficient (Wildman–Crippen LogP) is 7.78. The number of halogens is 4. The summed E-state index contributed by atoms with van der Waals surface area (Å²) in [5.74, 6) is -0.302. The van der Waals surface area contributed by atoms with Crippen molar-refractivity contribution in [2.45, 2.75) is 46.1 Å². The van der Waals surface area contributed by atoms with Crippen LogP contribution in [0.4, 0.5) is 18.9 Å². The lowest BCUT2D eigenvalue weighted by atomic mass is 10.1. The quantitative estimate of drug-likeness (QED) is 0.184. The van der Waals surface area contributed by atoms with Gasteiger partial charge in [0.15, 0.2) is 17.2 Å². The first-order chi connectivity index (χ1) is 20.7. The van der Waals surface area contributed by atoms with Gasteiger partial charge in [-0.15, -0.1) is 0 Å². The third kappa shape index (κ3) is 6.86. The fourth-order valence-corrected chi connectivity index (χ4v) is 4.51. The molecule has 0 spiro atoms. The highest BCUT2D eigenvalue weighted by molar-refractivity contribution is 6.32. The van der Waals surface area contributed by atoms with E-state index in [0.29, 0.717) is 22.7 Å². The molecule has 1 N–H and O–H groups in total. The molecule has 44 heavy (non-hydrogen) atoms. The number of anilines is 1. The zero-order chi connectivity index (χ0) is 31.8. The van der Waals surface area contributed by atoms with Crippen molar-refractivity contribution >= 4 is 40.3 Å². The van der Waals surface area contributed by atoms with Gasteiger partial charge in [0.05, 0.1) is 16.3 Å². The largest absolute Gasteiger partial charge is 0.487 e. The summed E-state index contributed by atoms with van der Waals surface area (Å²) in [5, 5.41) is 5.82. The number of hydrogen-bond donors (Lipinski definition) is 1. The number of oxazole rings is 1. The Kier molecular flexibility index (Phi) is 8.13. The number of esters is 1. The Morgan fingerprint density at radius 3 is 2.41 bits per heavy atom. The van der Waals surface area contributed by atoms with Crippen LogP contribution in [0.2, 0.25) is 5.02 Å². The molecule has 0 saturated heterocycles. The number of amides is 1. The van der Waals surface area contributed by atoms with Gasteiger partial charge in [-0.2, -0.15) is 18.3 Å². The number of ether oxygens (including phenoxy) is 2. The molecule has 0 unspecified atom stereocenters. The van der Waals surface area contributed by atoms with E-state index in [0.717, 1.165) is 4.68 Å². The van der Waals surface area contributed by atoms with Gasteiger partial charge in [-0.1, -0.05) is 17.7 Å². The van der Waals surface area contributed by atoms with Crippen LogP contribution in [0, 0.1) is 6.92 Å². The molecule has 0 radical (unpaired) electrons. The highest BCUT2D eigenvalue weighted by atomic mass is 35.5. The summed E-state index contributed by atoms with van der Waals surface area (Å²) >= 11 is 6.18. The molecule has 13 heteroatoms. The smallest absolute Gasteiger partial charge is 0.436 e. The molecule has 0 saturated carbocycles. The lowest BCUT2D eigenvalue weighted by Gasteiger charge is -2.19. The average Bonchev–Trinajstić information content (AvgIpc) is 3.49. The molecule has 2 heterocycles. The highest BCUT2D eigenvalue weighted by Gasteiger charge is 2.39. The normalized spacial score (nSPS) is 11.9. The Hall–Kier alpha value is -4.84. The van der Waals surface area contributed by atoms with E-state index >= 15 is 0 Å². The monoisotopic (exact) mass is 626 g/mol. The number of aryl methyl sites for hydroxylation is 1. The number of hydrogen-bond acceptors (Lipinski definition) is 7. The number of rotatable bonds is 7. The van der Waals surface area contributed by atoms with Crippen LogP contribution in [-0.2, 0) is 17.5 Å². The molecule has 3 aromatic carbocycles. The van der Waals surface area contributed by atoms with Gasteiger partial charge in [-0.3, -0.25) is 4.79 Å². The Morgan fingerprint density at radius 1 is 1.00 bits per heavy atom. The summed E-state index contributed by atoms with van der Waals surface area (Å²) in [6, 6.07) is 16.8. The Labute approximate surface area is 254 Å². The van der Waals surface area contributed by atoms with E-state index in [9.17, 15) is 22.8 Å². The van der Waals surface area contributed by atoms with Gasteiger partial charge in [-0.05, 0) is 75.4 Å². The Morgan fingerprint density at radius 2 is 1.73 bits per heavy atom. The van der Waals surface area contributed by atoms with Gasteiger partial charge in [-0.25, -0.2) is 14.5 Å². The minimum atomic E-state index is -4.85. The summed E-state index contributed by atoms with van der Waals surface area (Å²) in [7, 11) is 0. The molecule has 0 aliphatic rings. The summed E-state index contributed by atoms with van der Waals surface area (Å²) in [4.78, 5) is 29.6. The molecular weight excluding hydrogens is 601 g/mol. The van der Waals surface area contributed by atoms with Crippen molar-refractivity contribution < 1.29 is 36.7 Å². The molecule has 0 aliphatic heterocycles. The zero-order valence-corrected chi connectivity index (χ0v) is 24.7. The molecule has 228 valence electrons. The number of carbonyl (C=O) groups is 2. The van der Waals surface area contributed by atoms with Crippen molar-refractivity contribution in [3.05, 3.63) is 100 Å². The SMILES string of the molecule is Cc1nc2ccc(NC(=O)c3cccc(-n4nc(C(F)(F)F)c(Cl)c4COc4ccc(C(=O)OC(C)(C)C)cc4)c3)cc2o1. The van der Waals surface area contributed by atoms with Crippen LogP contribution in [-0.4, -0.2) is 32.2 Å². The third-order valence-corrected chi connectivity index (χ3v) is 6.55. The zero-order valence-electron chi connectivity index (χ0n) is 24.0. The summed E-state index contributed by atoms with van der Waals surface area (Å²) in [6.45, 7) is 6.53. The molecule has 0 bridgehead atoms. The van der Waals surface area contributed by atoms with Gasteiger partial charge < -0.3 is 19.2 Å². The predicted molar refractivity (Wildman–Crippen MR) is 156 cm³/mol. The van der Waals surface area contributed by atoms with E-state index in [4.69, 9.17) is 25.5 Å². The maximum atomic E-state index is 13.8. The van der Waals surface area contributed by atoms with Crippen LogP contribution in [0.25, 0.3) is 16.8 Å². The van der Waals surface area contributed by atoms with Crippen LogP contribution < -0.4 is 10.1 Å². The van der Waals surface area contributed by atoms with Crippen LogP contribution in [0.5, 0.6) is 5.75 Å². The van der Waals surface area contributed by atoms with E-state index in [2.05, 4.69) is 15.4 Å². The van der Waals surface area contributed by atoms with Crippen LogP contribution in [0.3, 0.4) is 0 Å². The van der Waals surface area contributed by atoms with Gasteiger partial charge >= 0.3 is 12.1 Å². The summed E-state index contributed by atoms with van der Waals surface area (Å²) < 4.78 is 59.0. The molecule has 2 aromatic heterocycles. The minimum absolute atomic E-state index is 0.0982. The van der Waals surface area contributed by atoms with Crippen LogP contribution in [0.15, 0.2) is 71.1 Å². The Balaban J connectivity index is 1.39. The van der Waals surface area contributed by atoms with Gasteiger partial charge in [0.1, 0.15) is 29.2 Å². The van der Waals surface area contributed by atoms with Crippen molar-refractivity contribution in [3.63, 3.8) is 0 Å². The average molecular weight is 627 g/mol. The fourth-order valence-electron chi connectivity index (χ4n) is 4.23. The molecule has 0 fully saturated rings. The lowest BCUT2D eigenvalue weighted by Crippen LogP contribution is -2.23. The molecule has 5 aromatic rings. The van der Waals surface area contributed by atoms with Gasteiger partial charge in [0.2, 0.25) is 0 Å². The lowest BCUT2D eigenvalue weighted by molar-refractivity contribution is -0.141. The summed E-state index contributed by atoms with van der Waals surface area (Å²) in [5.41, 5.74) is 0.0638. The van der Waals surface area contributed by atoms with Crippen molar-refractivity contribution in [1.29, 1.82) is 0 Å². The summed E-state index contributed by atoms with van der Waals surface area (Å²) in [6.07, 6.45) is -4.85. The van der Waals surface area contributed by atoms with Crippen molar-refractivity contribution in [2.24, 2.45) is 0 Å². The topological polar surface area (TPSA) is 108 Å². The second-order valence-corrected chi connectivity index (χ2v) is 11.1. The van der Waals surface area contributed by atoms with E-state index in [1.165, 1.54) is 48.5 Å². The van der Waals surface area contributed by atoms with E-state index in [1.54, 1.807) is 45.9 Å². The van der Waals surface area contributed by atoms with E-state index < -0.39 is 41.0 Å². The molecule has 0 aliphatic carbocycles. The standard InChI is InChI=1S/C31H26ClF3N4O5/c1-17-36-23-13-10-20(15-25(23)43-17)37-28(40)19-6-5-7-21(14-19)39-24(26(32)27(38-39)31(33,34)35)16-42-22-11-8-18(9-12-22)29(41)44-30(2,3)4/h5-15H,16H2,1-4H3,(H,37,40). The maximum absolute atomic E-state index is 13.8. The fraction of sp³-hybridized carbons (Fsp3) is 0.226. The molecule has 0 atom stereocenters. The number of carbonyl (C=O) groups excluding carboxylic acids is 2. The molecular formula is C31H26ClF3N4O5. The van der Waals surface area contributed by atoms with Crippen molar-refractivity contribution in [1.82, 2.24) is 14.8 Å². The minimum Gasteiger partial charge on any atom is -0.487 e. The number of benzene rings is 3. The Bertz CT molecular complexity index is 1860. The number of nitrogens with zero attached hydrogens (tertiary/aromatic N) is 3. The van der Waals surface area contributed by atoms with Gasteiger partial charge in [0, 0.05) is 24.2 Å². The third-order valence-electron chi connectivity index (χ3n) is 6.16. The first kappa shape index (κ1) is 30.6. The van der Waals surface area contributed by atoms with Gasteiger partial charge in [0.25, 0.3) is 5.91 Å². The van der Waals surface area contributed by atoms with E-state index in [-0.39, 0.29) is 28.3 Å². The number of aromatic nitrogens is 3. The maximum Gasteiger partial charge on any atom is 0.436 e. The van der Waals surface area contributed by atoms with Crippen LogP contribution in [0.1, 0.15) is 58.8 Å². The number of nitrogens with one attached hydrogen (secondary N) is 1. The highest BCUT2D eigenvalue weighted by Crippen LogP contribution is 2.37. The van der Waals surface area contributed by atoms with Crippen molar-refractivity contribution in [2.75, 3.05) is 5.32 Å². The molecule has 5 rings (SSSR count). The molecule has 1 amide bonds. The van der Waals surface area contributed by atoms with Crippen LogP contribution >= 0.6 is 11.6 Å². The first-order valence-electron chi connectivity index (χ1n) is 13.3. The molecule has 9 nitrogen and oxygen atoms in total. The second-order valence-electron chi connectivity index (χ2n) is 10.8. The first-order valence-corrected chi connectivity index (χ1v) is 13.7. The second kappa shape index (κ2) is 11.7. The van der Waals surface area contributed by atoms with E-state index in [1.807, 2.05) is 0 Å². The number of alkyl halides is 3. The van der Waals surface area contributed by atoms with Crippen molar-refractivity contribution in [3.8, 4) is 11.4 Å². The number of fused-ring (bicyclic) bond motifs is 1.